The number of nitrogens with zero attached hydrogens (tertiary/aromatic N) is 1. The molecule has 3 rings (SSSR count). The van der Waals surface area contributed by atoms with Gasteiger partial charge in [-0.2, -0.15) is 0 Å². The van der Waals surface area contributed by atoms with Gasteiger partial charge in [0.25, 0.3) is 0 Å². The molecule has 0 radical (unpaired) electrons. The molecule has 0 bridgehead atoms. The van der Waals surface area contributed by atoms with Gasteiger partial charge in [-0.1, -0.05) is 12.1 Å². The molecule has 2 atom stereocenters. The number of carbonyl (C=O) groups is 1. The minimum absolute atomic E-state index is 0.0460. The summed E-state index contributed by atoms with van der Waals surface area (Å²) in [4.78, 5) is 13.5. The van der Waals surface area contributed by atoms with Crippen LogP contribution >= 0.6 is 0 Å². The summed E-state index contributed by atoms with van der Waals surface area (Å²) in [5, 5.41) is 2.75. The predicted molar refractivity (Wildman–Crippen MR) is 68.4 cm³/mol. The molecule has 2 heterocycles. The second-order valence-corrected chi connectivity index (χ2v) is 7.06. The number of carbonyl (C=O) groups excluding carboxylic acids is 1. The zero-order chi connectivity index (χ0) is 12.9. The Labute approximate surface area is 106 Å². The first-order valence-corrected chi connectivity index (χ1v) is 7.65. The number of rotatable bonds is 1. The Kier molecular flexibility index (Phi) is 2.38. The van der Waals surface area contributed by atoms with Gasteiger partial charge in [0.1, 0.15) is 0 Å². The SMILES string of the molecule is Cc1cccc(N2C(=O)N[C@@H]3CS(=O)(=O)C[C@H]32)c1. The maximum atomic E-state index is 11.9. The predicted octanol–water partition coefficient (Wildman–Crippen LogP) is 0.690. The quantitative estimate of drug-likeness (QED) is 0.761. The fraction of sp³-hybridized carbons (Fsp3) is 0.417. The van der Waals surface area contributed by atoms with E-state index >= 15 is 0 Å². The van der Waals surface area contributed by atoms with E-state index in [1.165, 1.54) is 0 Å². The van der Waals surface area contributed by atoms with Gasteiger partial charge in [0, 0.05) is 5.69 Å². The van der Waals surface area contributed by atoms with Crippen LogP contribution in [0.15, 0.2) is 24.3 Å². The van der Waals surface area contributed by atoms with Gasteiger partial charge < -0.3 is 5.32 Å². The number of sulfone groups is 1. The average Bonchev–Trinajstić information content (AvgIpc) is 2.68. The number of amides is 2. The van der Waals surface area contributed by atoms with E-state index in [1.807, 2.05) is 31.2 Å². The monoisotopic (exact) mass is 266 g/mol. The highest BCUT2D eigenvalue weighted by Gasteiger charge is 2.49. The molecule has 1 N–H and O–H groups in total. The third-order valence-corrected chi connectivity index (χ3v) is 5.18. The highest BCUT2D eigenvalue weighted by molar-refractivity contribution is 7.91. The Hall–Kier alpha value is -1.56. The van der Waals surface area contributed by atoms with Crippen LogP contribution in [0.4, 0.5) is 10.5 Å². The Balaban J connectivity index is 1.99. The summed E-state index contributed by atoms with van der Waals surface area (Å²) in [5.74, 6) is 0.0933. The standard InChI is InChI=1S/C12H14N2O3S/c1-8-3-2-4-9(5-8)14-11-7-18(16,17)6-10(11)13-12(14)15/h2-5,10-11H,6-7H2,1H3,(H,13,15)/t10-,11-/m1/s1. The minimum atomic E-state index is -3.04. The summed E-state index contributed by atoms with van der Waals surface area (Å²) >= 11 is 0. The Morgan fingerprint density at radius 1 is 1.33 bits per heavy atom. The Morgan fingerprint density at radius 2 is 2.11 bits per heavy atom. The van der Waals surface area contributed by atoms with Crippen molar-refractivity contribution in [2.45, 2.75) is 19.0 Å². The third kappa shape index (κ3) is 1.77. The highest BCUT2D eigenvalue weighted by atomic mass is 32.2. The van der Waals surface area contributed by atoms with Crippen molar-refractivity contribution in [1.29, 1.82) is 0 Å². The molecule has 6 heteroatoms. The van der Waals surface area contributed by atoms with Crippen LogP contribution in [0.3, 0.4) is 0 Å². The largest absolute Gasteiger partial charge is 0.332 e. The molecular formula is C12H14N2O3S. The van der Waals surface area contributed by atoms with Gasteiger partial charge in [-0.15, -0.1) is 0 Å². The van der Waals surface area contributed by atoms with Crippen molar-refractivity contribution in [2.24, 2.45) is 0 Å². The molecule has 0 aliphatic carbocycles. The number of hydrogen-bond acceptors (Lipinski definition) is 3. The van der Waals surface area contributed by atoms with Crippen molar-refractivity contribution in [2.75, 3.05) is 16.4 Å². The van der Waals surface area contributed by atoms with Gasteiger partial charge in [-0.25, -0.2) is 13.2 Å². The normalized spacial score (nSPS) is 29.2. The third-order valence-electron chi connectivity index (χ3n) is 3.46. The van der Waals surface area contributed by atoms with Gasteiger partial charge in [-0.3, -0.25) is 4.90 Å². The van der Waals surface area contributed by atoms with Gasteiger partial charge in [0.2, 0.25) is 0 Å². The highest BCUT2D eigenvalue weighted by Crippen LogP contribution is 2.29. The number of fused-ring (bicyclic) bond motifs is 1. The van der Waals surface area contributed by atoms with Crippen molar-refractivity contribution in [3.63, 3.8) is 0 Å². The molecule has 0 unspecified atom stereocenters. The first-order valence-electron chi connectivity index (χ1n) is 5.83. The lowest BCUT2D eigenvalue weighted by Gasteiger charge is -2.21. The smallest absolute Gasteiger partial charge is 0.322 e. The van der Waals surface area contributed by atoms with Crippen molar-refractivity contribution < 1.29 is 13.2 Å². The Bertz CT molecular complexity index is 612. The lowest BCUT2D eigenvalue weighted by atomic mass is 10.1. The molecular weight excluding hydrogens is 252 g/mol. The number of aryl methyl sites for hydroxylation is 1. The summed E-state index contributed by atoms with van der Waals surface area (Å²) < 4.78 is 23.2. The molecule has 0 saturated carbocycles. The molecule has 2 fully saturated rings. The second kappa shape index (κ2) is 3.71. The minimum Gasteiger partial charge on any atom is -0.332 e. The first-order chi connectivity index (χ1) is 8.46. The Morgan fingerprint density at radius 3 is 2.83 bits per heavy atom. The van der Waals surface area contributed by atoms with Crippen LogP contribution in [0.5, 0.6) is 0 Å². The van der Waals surface area contributed by atoms with Crippen molar-refractivity contribution >= 4 is 21.6 Å². The fourth-order valence-electron chi connectivity index (χ4n) is 2.69. The van der Waals surface area contributed by atoms with Gasteiger partial charge in [0.05, 0.1) is 23.6 Å². The molecule has 0 spiro atoms. The molecule has 0 aromatic heterocycles. The van der Waals surface area contributed by atoms with E-state index in [4.69, 9.17) is 0 Å². The molecule has 2 saturated heterocycles. The second-order valence-electron chi connectivity index (χ2n) is 4.91. The van der Waals surface area contributed by atoms with Crippen LogP contribution in [0.2, 0.25) is 0 Å². The summed E-state index contributed by atoms with van der Waals surface area (Å²) in [6.07, 6.45) is 0. The molecule has 2 amide bonds. The van der Waals surface area contributed by atoms with E-state index in [-0.39, 0.29) is 29.6 Å². The topological polar surface area (TPSA) is 66.5 Å². The van der Waals surface area contributed by atoms with E-state index in [1.54, 1.807) is 4.90 Å². The van der Waals surface area contributed by atoms with Gasteiger partial charge in [0.15, 0.2) is 9.84 Å². The molecule has 1 aromatic carbocycles. The van der Waals surface area contributed by atoms with Crippen LogP contribution in [0, 0.1) is 6.92 Å². The van der Waals surface area contributed by atoms with Crippen LogP contribution in [0.1, 0.15) is 5.56 Å². The van der Waals surface area contributed by atoms with Crippen LogP contribution in [-0.2, 0) is 9.84 Å². The number of anilines is 1. The van der Waals surface area contributed by atoms with E-state index < -0.39 is 9.84 Å². The molecule has 1 aromatic rings. The summed E-state index contributed by atoms with van der Waals surface area (Å²) in [7, 11) is -3.04. The zero-order valence-electron chi connectivity index (χ0n) is 9.96. The molecule has 2 aliphatic heterocycles. The van der Waals surface area contributed by atoms with Crippen LogP contribution in [-0.4, -0.2) is 38.0 Å². The summed E-state index contributed by atoms with van der Waals surface area (Å²) in [5.41, 5.74) is 1.81. The number of benzene rings is 1. The summed E-state index contributed by atoms with van der Waals surface area (Å²) in [6, 6.07) is 6.79. The average molecular weight is 266 g/mol. The van der Waals surface area contributed by atoms with Crippen LogP contribution < -0.4 is 10.2 Å². The molecule has 18 heavy (non-hydrogen) atoms. The van der Waals surface area contributed by atoms with Gasteiger partial charge in [-0.05, 0) is 24.6 Å². The van der Waals surface area contributed by atoms with Crippen LogP contribution in [0.25, 0.3) is 0 Å². The zero-order valence-corrected chi connectivity index (χ0v) is 10.8. The van der Waals surface area contributed by atoms with E-state index in [0.29, 0.717) is 0 Å². The van der Waals surface area contributed by atoms with Gasteiger partial charge >= 0.3 is 6.03 Å². The number of nitrogens with one attached hydrogen (secondary N) is 1. The maximum Gasteiger partial charge on any atom is 0.322 e. The molecule has 5 nitrogen and oxygen atoms in total. The fourth-order valence-corrected chi connectivity index (χ4v) is 4.58. The van der Waals surface area contributed by atoms with E-state index in [0.717, 1.165) is 11.3 Å². The van der Waals surface area contributed by atoms with Crippen molar-refractivity contribution in [3.05, 3.63) is 29.8 Å². The van der Waals surface area contributed by atoms with E-state index in [2.05, 4.69) is 5.32 Å². The number of urea groups is 1. The lowest BCUT2D eigenvalue weighted by Crippen LogP contribution is -2.36. The lowest BCUT2D eigenvalue weighted by molar-refractivity contribution is 0.251. The first kappa shape index (κ1) is 11.5. The number of hydrogen-bond donors (Lipinski definition) is 1. The summed E-state index contributed by atoms with van der Waals surface area (Å²) in [6.45, 7) is 1.94. The van der Waals surface area contributed by atoms with E-state index in [9.17, 15) is 13.2 Å². The van der Waals surface area contributed by atoms with Crippen molar-refractivity contribution in [3.8, 4) is 0 Å². The molecule has 96 valence electrons. The molecule has 2 aliphatic rings. The maximum absolute atomic E-state index is 11.9. The van der Waals surface area contributed by atoms with Crippen molar-refractivity contribution in [1.82, 2.24) is 5.32 Å².